The molecule has 2 aliphatic carbocycles. The van der Waals surface area contributed by atoms with Crippen LogP contribution in [0.25, 0.3) is 11.0 Å². The Morgan fingerprint density at radius 3 is 2.78 bits per heavy atom. The predicted molar refractivity (Wildman–Crippen MR) is 106 cm³/mol. The van der Waals surface area contributed by atoms with Crippen LogP contribution in [0.2, 0.25) is 0 Å². The van der Waals surface area contributed by atoms with Gasteiger partial charge in [-0.3, -0.25) is 5.10 Å². The third-order valence-electron chi connectivity index (χ3n) is 5.87. The Morgan fingerprint density at radius 2 is 1.93 bits per heavy atom. The Kier molecular flexibility index (Phi) is 4.52. The average molecular weight is 382 g/mol. The molecule has 6 heteroatoms. The molecule has 0 amide bonds. The summed E-state index contributed by atoms with van der Waals surface area (Å²) in [5.41, 5.74) is 4.13. The molecule has 3 aromatic rings. The number of aryl methyl sites for hydroxylation is 2. The Hall–Kier alpha value is -2.08. The lowest BCUT2D eigenvalue weighted by Gasteiger charge is -2.07. The van der Waals surface area contributed by atoms with Crippen LogP contribution >= 0.6 is 11.8 Å². The van der Waals surface area contributed by atoms with Gasteiger partial charge in [0.25, 0.3) is 0 Å². The lowest BCUT2D eigenvalue weighted by atomic mass is 10.0. The number of rotatable bonds is 5. The lowest BCUT2D eigenvalue weighted by Crippen LogP contribution is -2.01. The van der Waals surface area contributed by atoms with E-state index in [4.69, 9.17) is 4.42 Å². The molecule has 140 valence electrons. The van der Waals surface area contributed by atoms with Gasteiger partial charge in [0.1, 0.15) is 11.4 Å². The highest BCUT2D eigenvalue weighted by Crippen LogP contribution is 2.31. The van der Waals surface area contributed by atoms with E-state index in [0.29, 0.717) is 11.3 Å². The first-order chi connectivity index (χ1) is 13.2. The molecule has 1 N–H and O–H groups in total. The van der Waals surface area contributed by atoms with E-state index in [1.54, 1.807) is 17.8 Å². The van der Waals surface area contributed by atoms with E-state index in [1.807, 2.05) is 0 Å². The van der Waals surface area contributed by atoms with E-state index >= 15 is 0 Å². The molecule has 1 saturated carbocycles. The van der Waals surface area contributed by atoms with Gasteiger partial charge in [-0.25, -0.2) is 9.78 Å². The summed E-state index contributed by atoms with van der Waals surface area (Å²) in [6.45, 7) is 0. The van der Waals surface area contributed by atoms with Crippen molar-refractivity contribution in [3.8, 4) is 0 Å². The minimum absolute atomic E-state index is 0.284. The monoisotopic (exact) mass is 381 g/mol. The molecule has 27 heavy (non-hydrogen) atoms. The molecule has 5 nitrogen and oxygen atoms in total. The van der Waals surface area contributed by atoms with E-state index in [-0.39, 0.29) is 5.63 Å². The molecule has 0 spiro atoms. The number of nitrogens with one attached hydrogen (secondary N) is 1. The van der Waals surface area contributed by atoms with Crippen LogP contribution in [-0.2, 0) is 25.0 Å². The second kappa shape index (κ2) is 7.15. The molecular weight excluding hydrogens is 358 g/mol. The fourth-order valence-corrected chi connectivity index (χ4v) is 5.29. The summed E-state index contributed by atoms with van der Waals surface area (Å²) in [6, 6.07) is 5.88. The Bertz CT molecular complexity index is 1030. The highest BCUT2D eigenvalue weighted by molar-refractivity contribution is 7.98. The minimum atomic E-state index is -0.284. The first-order valence-corrected chi connectivity index (χ1v) is 10.9. The minimum Gasteiger partial charge on any atom is -0.423 e. The maximum absolute atomic E-state index is 12.0. The van der Waals surface area contributed by atoms with Gasteiger partial charge in [-0.2, -0.15) is 0 Å². The van der Waals surface area contributed by atoms with Crippen molar-refractivity contribution in [2.45, 2.75) is 62.3 Å². The summed E-state index contributed by atoms with van der Waals surface area (Å²) in [4.78, 5) is 16.6. The Balaban J connectivity index is 1.35. The molecule has 1 aromatic carbocycles. The molecule has 0 bridgehead atoms. The summed E-state index contributed by atoms with van der Waals surface area (Å²) in [6.07, 6.45) is 9.66. The van der Waals surface area contributed by atoms with Crippen molar-refractivity contribution in [2.75, 3.05) is 0 Å². The average Bonchev–Trinajstić information content (AvgIpc) is 3.40. The fraction of sp³-hybridized carbons (Fsp3) is 0.476. The summed E-state index contributed by atoms with van der Waals surface area (Å²) in [5.74, 6) is 2.40. The van der Waals surface area contributed by atoms with Crippen LogP contribution in [-0.4, -0.2) is 15.2 Å². The van der Waals surface area contributed by atoms with Crippen LogP contribution in [0.4, 0.5) is 0 Å². The van der Waals surface area contributed by atoms with E-state index in [9.17, 15) is 4.79 Å². The molecule has 2 heterocycles. The highest BCUT2D eigenvalue weighted by Gasteiger charge is 2.18. The SMILES string of the molecule is O=c1cc(CSc2n[nH]c(CC3CCCC3)n2)c2cc3c(cc2o1)CCC3. The molecule has 2 aliphatic rings. The van der Waals surface area contributed by atoms with Crippen molar-refractivity contribution in [2.24, 2.45) is 5.92 Å². The number of aromatic amines is 1. The van der Waals surface area contributed by atoms with Crippen molar-refractivity contribution in [1.82, 2.24) is 15.2 Å². The van der Waals surface area contributed by atoms with Gasteiger partial charge in [-0.15, -0.1) is 5.10 Å². The number of thioether (sulfide) groups is 1. The zero-order chi connectivity index (χ0) is 18.2. The standard InChI is InChI=1S/C21H23N3O2S/c25-20-11-16(17-9-14-6-3-7-15(14)10-18(17)26-20)12-27-21-22-19(23-24-21)8-13-4-1-2-5-13/h9-11,13H,1-8,12H2,(H,22,23,24). The summed E-state index contributed by atoms with van der Waals surface area (Å²) in [5, 5.41) is 9.25. The summed E-state index contributed by atoms with van der Waals surface area (Å²) < 4.78 is 5.46. The van der Waals surface area contributed by atoms with Gasteiger partial charge in [-0.05, 0) is 54.0 Å². The van der Waals surface area contributed by atoms with E-state index in [2.05, 4.69) is 27.3 Å². The van der Waals surface area contributed by atoms with Crippen molar-refractivity contribution in [3.05, 3.63) is 51.1 Å². The summed E-state index contributed by atoms with van der Waals surface area (Å²) in [7, 11) is 0. The van der Waals surface area contributed by atoms with Crippen LogP contribution in [0.5, 0.6) is 0 Å². The van der Waals surface area contributed by atoms with Crippen molar-refractivity contribution >= 4 is 22.7 Å². The smallest absolute Gasteiger partial charge is 0.336 e. The number of fused-ring (bicyclic) bond motifs is 2. The number of hydrogen-bond donors (Lipinski definition) is 1. The van der Waals surface area contributed by atoms with E-state index in [0.717, 1.165) is 47.1 Å². The second-order valence-electron chi connectivity index (χ2n) is 7.77. The largest absolute Gasteiger partial charge is 0.423 e. The molecule has 2 aromatic heterocycles. The third-order valence-corrected chi connectivity index (χ3v) is 6.76. The number of hydrogen-bond acceptors (Lipinski definition) is 5. The number of benzene rings is 1. The topological polar surface area (TPSA) is 71.8 Å². The van der Waals surface area contributed by atoms with E-state index in [1.165, 1.54) is 43.2 Å². The number of nitrogens with zero attached hydrogens (tertiary/aromatic N) is 2. The van der Waals surface area contributed by atoms with Crippen molar-refractivity contribution in [3.63, 3.8) is 0 Å². The molecule has 0 atom stereocenters. The third kappa shape index (κ3) is 3.55. The van der Waals surface area contributed by atoms with Crippen molar-refractivity contribution < 1.29 is 4.42 Å². The van der Waals surface area contributed by atoms with Gasteiger partial charge in [-0.1, -0.05) is 37.4 Å². The Labute approximate surface area is 162 Å². The van der Waals surface area contributed by atoms with Gasteiger partial charge in [0, 0.05) is 23.6 Å². The van der Waals surface area contributed by atoms with Gasteiger partial charge in [0.05, 0.1) is 0 Å². The lowest BCUT2D eigenvalue weighted by molar-refractivity contribution is 0.531. The predicted octanol–water partition coefficient (Wildman–Crippen LogP) is 4.42. The molecule has 5 rings (SSSR count). The Morgan fingerprint density at radius 1 is 1.11 bits per heavy atom. The first-order valence-electron chi connectivity index (χ1n) is 9.87. The molecule has 0 aliphatic heterocycles. The summed E-state index contributed by atoms with van der Waals surface area (Å²) >= 11 is 1.58. The molecule has 0 unspecified atom stereocenters. The maximum atomic E-state index is 12.0. The molecule has 1 fully saturated rings. The first kappa shape index (κ1) is 17.0. The van der Waals surface area contributed by atoms with Crippen LogP contribution in [0.3, 0.4) is 0 Å². The van der Waals surface area contributed by atoms with Crippen LogP contribution < -0.4 is 5.63 Å². The van der Waals surface area contributed by atoms with E-state index < -0.39 is 0 Å². The van der Waals surface area contributed by atoms with Gasteiger partial charge < -0.3 is 4.42 Å². The van der Waals surface area contributed by atoms with Crippen molar-refractivity contribution in [1.29, 1.82) is 0 Å². The molecular formula is C21H23N3O2S. The zero-order valence-corrected chi connectivity index (χ0v) is 16.1. The number of aromatic nitrogens is 3. The normalized spacial score (nSPS) is 17.0. The fourth-order valence-electron chi connectivity index (χ4n) is 4.48. The molecule has 0 saturated heterocycles. The second-order valence-corrected chi connectivity index (χ2v) is 8.71. The van der Waals surface area contributed by atoms with Gasteiger partial charge in [0.2, 0.25) is 5.16 Å². The van der Waals surface area contributed by atoms with Gasteiger partial charge in [0.15, 0.2) is 0 Å². The van der Waals surface area contributed by atoms with Crippen LogP contribution in [0.15, 0.2) is 32.6 Å². The van der Waals surface area contributed by atoms with Gasteiger partial charge >= 0.3 is 5.63 Å². The van der Waals surface area contributed by atoms with Crippen LogP contribution in [0.1, 0.15) is 54.6 Å². The highest BCUT2D eigenvalue weighted by atomic mass is 32.2. The van der Waals surface area contributed by atoms with Crippen LogP contribution in [0, 0.1) is 5.92 Å². The zero-order valence-electron chi connectivity index (χ0n) is 15.3. The number of H-pyrrole nitrogens is 1. The quantitative estimate of drug-likeness (QED) is 0.523. The maximum Gasteiger partial charge on any atom is 0.336 e. The molecule has 0 radical (unpaired) electrons.